The number of ether oxygens (including phenoxy) is 1. The SMILES string of the molecule is Cc1cc(CNc2nc3cccc(OC4CCNCC4)c3n2[C@@H]2CCCCN(C(=O)O)C2)ccn1. The molecular formula is C26H34N6O3. The quantitative estimate of drug-likeness (QED) is 0.488. The zero-order chi connectivity index (χ0) is 24.2. The van der Waals surface area contributed by atoms with Crippen LogP contribution in [-0.4, -0.2) is 62.9 Å². The predicted octanol–water partition coefficient (Wildman–Crippen LogP) is 4.19. The number of imidazole rings is 1. The van der Waals surface area contributed by atoms with Crippen molar-refractivity contribution in [3.05, 3.63) is 47.8 Å². The van der Waals surface area contributed by atoms with E-state index in [1.165, 1.54) is 4.90 Å². The number of nitrogens with one attached hydrogen (secondary N) is 2. The van der Waals surface area contributed by atoms with Crippen LogP contribution in [0.15, 0.2) is 36.5 Å². The number of anilines is 1. The van der Waals surface area contributed by atoms with E-state index in [0.717, 1.165) is 79.2 Å². The molecule has 2 fully saturated rings. The maximum absolute atomic E-state index is 11.9. The molecule has 4 heterocycles. The number of carboxylic acid groups (broad SMARTS) is 1. The lowest BCUT2D eigenvalue weighted by Crippen LogP contribution is -2.35. The summed E-state index contributed by atoms with van der Waals surface area (Å²) in [5.41, 5.74) is 3.89. The van der Waals surface area contributed by atoms with Crippen LogP contribution < -0.4 is 15.4 Å². The molecule has 0 aliphatic carbocycles. The molecular weight excluding hydrogens is 444 g/mol. The van der Waals surface area contributed by atoms with E-state index in [4.69, 9.17) is 9.72 Å². The van der Waals surface area contributed by atoms with Crippen LogP contribution in [0.5, 0.6) is 5.75 Å². The van der Waals surface area contributed by atoms with Gasteiger partial charge >= 0.3 is 6.09 Å². The number of piperidine rings is 1. The van der Waals surface area contributed by atoms with Crippen molar-refractivity contribution in [2.45, 2.75) is 57.7 Å². The van der Waals surface area contributed by atoms with Gasteiger partial charge in [-0.25, -0.2) is 9.78 Å². The van der Waals surface area contributed by atoms with E-state index in [0.29, 0.717) is 19.6 Å². The van der Waals surface area contributed by atoms with Gasteiger partial charge in [-0.05, 0) is 81.9 Å². The monoisotopic (exact) mass is 478 g/mol. The fraction of sp³-hybridized carbons (Fsp3) is 0.500. The van der Waals surface area contributed by atoms with Crippen molar-refractivity contribution in [2.24, 2.45) is 0 Å². The second-order valence-electron chi connectivity index (χ2n) is 9.53. The molecule has 186 valence electrons. The van der Waals surface area contributed by atoms with Crippen LogP contribution >= 0.6 is 0 Å². The Balaban J connectivity index is 1.54. The first-order valence-corrected chi connectivity index (χ1v) is 12.6. The number of likely N-dealkylation sites (tertiary alicyclic amines) is 1. The van der Waals surface area contributed by atoms with Gasteiger partial charge in [0.25, 0.3) is 0 Å². The molecule has 1 aromatic carbocycles. The van der Waals surface area contributed by atoms with Gasteiger partial charge in [-0.3, -0.25) is 4.98 Å². The average Bonchev–Trinajstić information content (AvgIpc) is 3.05. The summed E-state index contributed by atoms with van der Waals surface area (Å²) in [4.78, 5) is 22.7. The molecule has 0 radical (unpaired) electrons. The number of para-hydroxylation sites is 1. The Hall–Kier alpha value is -3.33. The molecule has 5 rings (SSSR count). The third-order valence-corrected chi connectivity index (χ3v) is 6.95. The highest BCUT2D eigenvalue weighted by Gasteiger charge is 2.28. The van der Waals surface area contributed by atoms with E-state index in [-0.39, 0.29) is 12.1 Å². The Morgan fingerprint density at radius 2 is 2.09 bits per heavy atom. The topological polar surface area (TPSA) is 105 Å². The van der Waals surface area contributed by atoms with Gasteiger partial charge in [-0.15, -0.1) is 0 Å². The minimum atomic E-state index is -0.866. The lowest BCUT2D eigenvalue weighted by Gasteiger charge is -2.27. The number of carbonyl (C=O) groups is 1. The average molecular weight is 479 g/mol. The second kappa shape index (κ2) is 10.5. The molecule has 9 nitrogen and oxygen atoms in total. The number of amides is 1. The van der Waals surface area contributed by atoms with Crippen LogP contribution in [-0.2, 0) is 6.54 Å². The van der Waals surface area contributed by atoms with Crippen molar-refractivity contribution >= 4 is 23.1 Å². The van der Waals surface area contributed by atoms with E-state index in [1.807, 2.05) is 37.4 Å². The van der Waals surface area contributed by atoms with Gasteiger partial charge in [-0.2, -0.15) is 0 Å². The van der Waals surface area contributed by atoms with Gasteiger partial charge in [0.2, 0.25) is 5.95 Å². The molecule has 9 heteroatoms. The second-order valence-corrected chi connectivity index (χ2v) is 9.53. The van der Waals surface area contributed by atoms with Gasteiger partial charge in [0.1, 0.15) is 17.4 Å². The van der Waals surface area contributed by atoms with Crippen molar-refractivity contribution in [3.63, 3.8) is 0 Å². The minimum Gasteiger partial charge on any atom is -0.488 e. The number of pyridine rings is 1. The number of benzene rings is 1. The third-order valence-electron chi connectivity index (χ3n) is 6.95. The molecule has 1 amide bonds. The smallest absolute Gasteiger partial charge is 0.407 e. The number of fused-ring (bicyclic) bond motifs is 1. The molecule has 2 aliphatic heterocycles. The Morgan fingerprint density at radius 1 is 1.23 bits per heavy atom. The summed E-state index contributed by atoms with van der Waals surface area (Å²) in [6.07, 6.45) is 5.76. The first-order chi connectivity index (χ1) is 17.1. The standard InChI is InChI=1S/C26H34N6O3/c1-18-15-19(8-13-28-18)16-29-25-30-22-6-4-7-23(35-21-9-11-27-12-10-21)24(22)32(25)20-5-2-3-14-31(17-20)26(33)34/h4,6-8,13,15,20-21,27H,2-3,5,9-12,14,16-17H2,1H3,(H,29,30)(H,33,34)/t20-/m1/s1. The Labute approximate surface area is 205 Å². The zero-order valence-corrected chi connectivity index (χ0v) is 20.2. The molecule has 2 aliphatic rings. The molecule has 35 heavy (non-hydrogen) atoms. The molecule has 1 atom stereocenters. The normalized spacial score (nSPS) is 19.5. The van der Waals surface area contributed by atoms with Gasteiger partial charge in [0, 0.05) is 31.5 Å². The summed E-state index contributed by atoms with van der Waals surface area (Å²) in [5, 5.41) is 16.7. The zero-order valence-electron chi connectivity index (χ0n) is 20.2. The fourth-order valence-corrected chi connectivity index (χ4v) is 5.18. The van der Waals surface area contributed by atoms with E-state index < -0.39 is 6.09 Å². The molecule has 3 aromatic rings. The van der Waals surface area contributed by atoms with Crippen LogP contribution in [0.25, 0.3) is 11.0 Å². The highest BCUT2D eigenvalue weighted by Crippen LogP contribution is 2.36. The number of hydrogen-bond acceptors (Lipinski definition) is 6. The summed E-state index contributed by atoms with van der Waals surface area (Å²) < 4.78 is 8.73. The Kier molecular flexibility index (Phi) is 7.03. The Morgan fingerprint density at radius 3 is 2.89 bits per heavy atom. The molecule has 2 aromatic heterocycles. The van der Waals surface area contributed by atoms with Crippen LogP contribution in [0.4, 0.5) is 10.7 Å². The summed E-state index contributed by atoms with van der Waals surface area (Å²) in [6.45, 7) is 5.49. The number of aryl methyl sites for hydroxylation is 1. The molecule has 0 unspecified atom stereocenters. The van der Waals surface area contributed by atoms with Crippen LogP contribution in [0, 0.1) is 6.92 Å². The summed E-state index contributed by atoms with van der Waals surface area (Å²) in [7, 11) is 0. The predicted molar refractivity (Wildman–Crippen MR) is 135 cm³/mol. The first kappa shape index (κ1) is 23.4. The Bertz CT molecular complexity index is 1170. The van der Waals surface area contributed by atoms with Crippen LogP contribution in [0.1, 0.15) is 49.4 Å². The van der Waals surface area contributed by atoms with Crippen molar-refractivity contribution in [1.82, 2.24) is 24.8 Å². The molecule has 0 saturated carbocycles. The van der Waals surface area contributed by atoms with E-state index >= 15 is 0 Å². The summed E-state index contributed by atoms with van der Waals surface area (Å²) in [5.74, 6) is 1.56. The van der Waals surface area contributed by atoms with Crippen molar-refractivity contribution in [3.8, 4) is 5.75 Å². The number of aromatic nitrogens is 3. The van der Waals surface area contributed by atoms with Crippen molar-refractivity contribution in [2.75, 3.05) is 31.5 Å². The lowest BCUT2D eigenvalue weighted by atomic mass is 10.1. The number of hydrogen-bond donors (Lipinski definition) is 3. The molecule has 2 saturated heterocycles. The van der Waals surface area contributed by atoms with Gasteiger partial charge in [-0.1, -0.05) is 6.07 Å². The third kappa shape index (κ3) is 5.35. The van der Waals surface area contributed by atoms with Gasteiger partial charge in [0.05, 0.1) is 11.6 Å². The molecule has 0 bridgehead atoms. The van der Waals surface area contributed by atoms with Gasteiger partial charge in [0.15, 0.2) is 0 Å². The highest BCUT2D eigenvalue weighted by molar-refractivity contribution is 5.85. The number of rotatable bonds is 6. The lowest BCUT2D eigenvalue weighted by molar-refractivity contribution is 0.141. The van der Waals surface area contributed by atoms with E-state index in [2.05, 4.69) is 26.3 Å². The molecule has 0 spiro atoms. The van der Waals surface area contributed by atoms with E-state index in [1.54, 1.807) is 0 Å². The fourth-order valence-electron chi connectivity index (χ4n) is 5.18. The highest BCUT2D eigenvalue weighted by atomic mass is 16.5. The summed E-state index contributed by atoms with van der Waals surface area (Å²) in [6, 6.07) is 10.0. The first-order valence-electron chi connectivity index (χ1n) is 12.6. The van der Waals surface area contributed by atoms with Crippen molar-refractivity contribution in [1.29, 1.82) is 0 Å². The minimum absolute atomic E-state index is 0.0296. The maximum atomic E-state index is 11.9. The number of nitrogens with zero attached hydrogens (tertiary/aromatic N) is 4. The van der Waals surface area contributed by atoms with E-state index in [9.17, 15) is 9.90 Å². The summed E-state index contributed by atoms with van der Waals surface area (Å²) >= 11 is 0. The maximum Gasteiger partial charge on any atom is 0.407 e. The van der Waals surface area contributed by atoms with Crippen molar-refractivity contribution < 1.29 is 14.6 Å². The largest absolute Gasteiger partial charge is 0.488 e. The van der Waals surface area contributed by atoms with Crippen LogP contribution in [0.2, 0.25) is 0 Å². The van der Waals surface area contributed by atoms with Crippen LogP contribution in [0.3, 0.4) is 0 Å². The van der Waals surface area contributed by atoms with Gasteiger partial charge < -0.3 is 29.9 Å². The molecule has 3 N–H and O–H groups in total.